The Hall–Kier alpha value is -3.56. The number of esters is 1. The van der Waals surface area contributed by atoms with Crippen LogP contribution in [0.5, 0.6) is 11.5 Å². The van der Waals surface area contributed by atoms with Crippen LogP contribution in [-0.4, -0.2) is 16.8 Å². The Balaban J connectivity index is 1.85. The number of carbonyl (C=O) groups is 1. The minimum atomic E-state index is -3.52. The van der Waals surface area contributed by atoms with Gasteiger partial charge < -0.3 is 9.57 Å². The van der Waals surface area contributed by atoms with E-state index in [4.69, 9.17) is 9.57 Å². The van der Waals surface area contributed by atoms with E-state index in [0.29, 0.717) is 10.4 Å². The second-order valence-corrected chi connectivity index (χ2v) is 7.76. The van der Waals surface area contributed by atoms with Crippen molar-refractivity contribution in [3.8, 4) is 11.5 Å². The minimum Gasteiger partial charge on any atom is -0.459 e. The molecule has 12 heteroatoms. The Morgan fingerprint density at radius 2 is 1.35 bits per heavy atom. The van der Waals surface area contributed by atoms with Crippen LogP contribution in [0.4, 0.5) is 22.0 Å². The molecule has 0 saturated heterocycles. The lowest BCUT2D eigenvalue weighted by Crippen LogP contribution is -2.38. The van der Waals surface area contributed by atoms with Gasteiger partial charge in [0.05, 0.1) is 0 Å². The van der Waals surface area contributed by atoms with Gasteiger partial charge in [-0.2, -0.15) is 8.78 Å². The first-order valence-electron chi connectivity index (χ1n) is 9.60. The van der Waals surface area contributed by atoms with Crippen LogP contribution in [0.25, 0.3) is 0 Å². The van der Waals surface area contributed by atoms with Gasteiger partial charge in [0, 0.05) is 4.57 Å². The third kappa shape index (κ3) is 5.67. The van der Waals surface area contributed by atoms with Gasteiger partial charge in [0.25, 0.3) is 5.75 Å². The van der Waals surface area contributed by atoms with Crippen molar-refractivity contribution in [2.75, 3.05) is 0 Å². The fraction of sp³-hybridized carbons (Fsp3) is 0.136. The summed E-state index contributed by atoms with van der Waals surface area (Å²) >= 11 is 0. The lowest BCUT2D eigenvalue weighted by molar-refractivity contribution is -0.156. The van der Waals surface area contributed by atoms with Gasteiger partial charge >= 0.3 is 14.1 Å². The van der Waals surface area contributed by atoms with Gasteiger partial charge in [-0.15, -0.1) is 0 Å². The number of halogens is 5. The van der Waals surface area contributed by atoms with Crippen molar-refractivity contribution >= 4 is 14.1 Å². The highest BCUT2D eigenvalue weighted by Gasteiger charge is 2.46. The summed E-state index contributed by atoms with van der Waals surface area (Å²) in [4.78, 5) is 18.3. The number of nitrogens with zero attached hydrogens (tertiary/aromatic N) is 1. The van der Waals surface area contributed by atoms with E-state index in [-0.39, 0.29) is 12.4 Å². The second-order valence-electron chi connectivity index (χ2n) is 6.70. The Morgan fingerprint density at radius 3 is 1.91 bits per heavy atom. The zero-order valence-corrected chi connectivity index (χ0v) is 18.3. The van der Waals surface area contributed by atoms with Crippen LogP contribution in [-0.2, 0) is 20.7 Å². The number of carbonyl (C=O) groups excluding carboxylic acids is 1. The molecule has 2 unspecified atom stereocenters. The molecule has 0 N–H and O–H groups in total. The average molecular weight is 500 g/mol. The van der Waals surface area contributed by atoms with Gasteiger partial charge in [-0.3, -0.25) is 4.79 Å². The van der Waals surface area contributed by atoms with Gasteiger partial charge in [0.15, 0.2) is 11.8 Å². The van der Waals surface area contributed by atoms with E-state index in [9.17, 15) is 31.3 Å². The Bertz CT molecular complexity index is 1150. The van der Waals surface area contributed by atoms with E-state index >= 15 is 0 Å². The molecule has 3 aromatic carbocycles. The van der Waals surface area contributed by atoms with Crippen LogP contribution in [0.15, 0.2) is 60.7 Å². The molecular formula is C22H16F5NO5P+. The van der Waals surface area contributed by atoms with E-state index in [1.165, 1.54) is 31.2 Å². The maximum Gasteiger partial charge on any atom is 0.704 e. The van der Waals surface area contributed by atoms with Gasteiger partial charge in [-0.25, -0.2) is 17.7 Å². The van der Waals surface area contributed by atoms with Gasteiger partial charge in [-0.1, -0.05) is 48.5 Å². The number of ether oxygens (including phenoxy) is 1. The molecule has 0 heterocycles. The van der Waals surface area contributed by atoms with Gasteiger partial charge in [0.2, 0.25) is 29.1 Å². The maximum atomic E-state index is 14.0. The third-order valence-electron chi connectivity index (χ3n) is 4.34. The number of benzene rings is 3. The first-order chi connectivity index (χ1) is 16.2. The summed E-state index contributed by atoms with van der Waals surface area (Å²) in [7, 11) is -3.52. The van der Waals surface area contributed by atoms with Crippen LogP contribution in [0.2, 0.25) is 0 Å². The molecule has 0 spiro atoms. The van der Waals surface area contributed by atoms with Crippen LogP contribution in [0, 0.1) is 29.1 Å². The molecule has 0 saturated carbocycles. The molecule has 3 aromatic rings. The smallest absolute Gasteiger partial charge is 0.459 e. The summed E-state index contributed by atoms with van der Waals surface area (Å²) in [6, 6.07) is 14.5. The molecule has 34 heavy (non-hydrogen) atoms. The zero-order valence-electron chi connectivity index (χ0n) is 17.4. The summed E-state index contributed by atoms with van der Waals surface area (Å²) in [6.07, 6.45) is 0. The maximum absolute atomic E-state index is 14.0. The van der Waals surface area contributed by atoms with Crippen molar-refractivity contribution < 1.29 is 45.4 Å². The van der Waals surface area contributed by atoms with Crippen LogP contribution >= 0.6 is 8.18 Å². The normalized spacial score (nSPS) is 12.3. The van der Waals surface area contributed by atoms with Crippen molar-refractivity contribution in [3.63, 3.8) is 0 Å². The number of hydroxylamine groups is 1. The molecule has 0 fully saturated rings. The lowest BCUT2D eigenvalue weighted by Gasteiger charge is -2.17. The highest BCUT2D eigenvalue weighted by molar-refractivity contribution is 7.36. The Kier molecular flexibility index (Phi) is 8.14. The van der Waals surface area contributed by atoms with E-state index in [0.717, 1.165) is 0 Å². The number of hydrogen-bond donors (Lipinski definition) is 0. The van der Waals surface area contributed by atoms with Crippen molar-refractivity contribution in [3.05, 3.63) is 95.3 Å². The Morgan fingerprint density at radius 1 is 0.853 bits per heavy atom. The molecule has 6 nitrogen and oxygen atoms in total. The monoisotopic (exact) mass is 500 g/mol. The van der Waals surface area contributed by atoms with Crippen molar-refractivity contribution in [2.45, 2.75) is 19.6 Å². The zero-order chi connectivity index (χ0) is 24.8. The summed E-state index contributed by atoms with van der Waals surface area (Å²) in [5.41, 5.74) is 0.639. The number of rotatable bonds is 9. The molecule has 0 radical (unpaired) electrons. The van der Waals surface area contributed by atoms with Crippen LogP contribution in [0.3, 0.4) is 0 Å². The van der Waals surface area contributed by atoms with Crippen molar-refractivity contribution in [1.82, 2.24) is 4.83 Å². The second kappa shape index (κ2) is 11.0. The molecule has 0 aromatic heterocycles. The molecule has 178 valence electrons. The predicted molar refractivity (Wildman–Crippen MR) is 109 cm³/mol. The number of para-hydroxylation sites is 1. The van der Waals surface area contributed by atoms with E-state index in [1.54, 1.807) is 36.4 Å². The molecular weight excluding hydrogens is 484 g/mol. The van der Waals surface area contributed by atoms with Gasteiger partial charge in [0.1, 0.15) is 11.4 Å². The molecule has 0 aliphatic heterocycles. The molecule has 0 aliphatic rings. The first kappa shape index (κ1) is 25.1. The minimum absolute atomic E-state index is 0.0366. The van der Waals surface area contributed by atoms with Gasteiger partial charge in [-0.05, 0) is 24.6 Å². The third-order valence-corrected chi connectivity index (χ3v) is 5.43. The summed E-state index contributed by atoms with van der Waals surface area (Å²) in [6.45, 7) is 1.03. The standard InChI is InChI=1S/C22H16F5NO5P/c1-13(22(29)31-12-14-8-4-2-5-9-14)28(32-15-10-6-3-7-11-15)34(30)33-21-19(26)17(24)16(23)18(25)20(21)27/h2-11,13H,12H2,1H3/q+1. The van der Waals surface area contributed by atoms with Crippen molar-refractivity contribution in [2.24, 2.45) is 0 Å². The fourth-order valence-electron chi connectivity index (χ4n) is 2.57. The summed E-state index contributed by atoms with van der Waals surface area (Å²) < 4.78 is 90.8. The molecule has 2 atom stereocenters. The van der Waals surface area contributed by atoms with E-state index in [2.05, 4.69) is 4.52 Å². The topological polar surface area (TPSA) is 65.1 Å². The number of hydrogen-bond acceptors (Lipinski definition) is 5. The van der Waals surface area contributed by atoms with Crippen molar-refractivity contribution in [1.29, 1.82) is 0 Å². The quantitative estimate of drug-likeness (QED) is 0.0918. The Labute approximate surface area is 191 Å². The highest BCUT2D eigenvalue weighted by atomic mass is 31.1. The average Bonchev–Trinajstić information content (AvgIpc) is 2.86. The SMILES string of the molecule is CC(C(=O)OCc1ccccc1)N(Oc1ccccc1)[P+](=O)Oc1c(F)c(F)c(F)c(F)c1F. The molecule has 0 aliphatic carbocycles. The predicted octanol–water partition coefficient (Wildman–Crippen LogP) is 5.85. The summed E-state index contributed by atoms with van der Waals surface area (Å²) in [5, 5.41) is 0. The lowest BCUT2D eigenvalue weighted by atomic mass is 10.2. The largest absolute Gasteiger partial charge is 0.704 e. The highest BCUT2D eigenvalue weighted by Crippen LogP contribution is 2.39. The van der Waals surface area contributed by atoms with Crippen LogP contribution in [0.1, 0.15) is 12.5 Å². The molecule has 0 bridgehead atoms. The molecule has 3 rings (SSSR count). The van der Waals surface area contributed by atoms with E-state index < -0.39 is 55.0 Å². The van der Waals surface area contributed by atoms with E-state index in [1.807, 2.05) is 0 Å². The van der Waals surface area contributed by atoms with Crippen LogP contribution < -0.4 is 9.36 Å². The molecule has 0 amide bonds. The first-order valence-corrected chi connectivity index (χ1v) is 10.7. The fourth-order valence-corrected chi connectivity index (χ4v) is 3.50. The summed E-state index contributed by atoms with van der Waals surface area (Å²) in [5.74, 6) is -14.4.